The predicted molar refractivity (Wildman–Crippen MR) is 54.6 cm³/mol. The predicted octanol–water partition coefficient (Wildman–Crippen LogP) is 2.61. The maximum Gasteiger partial charge on any atom is 0.222 e. The third-order valence-corrected chi connectivity index (χ3v) is 1.93. The van der Waals surface area contributed by atoms with Gasteiger partial charge in [-0.05, 0) is 6.42 Å². The van der Waals surface area contributed by atoms with Crippen LogP contribution in [-0.2, 0) is 0 Å². The highest BCUT2D eigenvalue weighted by molar-refractivity contribution is 5.21. The van der Waals surface area contributed by atoms with Crippen molar-refractivity contribution in [3.63, 3.8) is 0 Å². The lowest BCUT2D eigenvalue weighted by Gasteiger charge is -2.03. The Morgan fingerprint density at radius 3 is 2.57 bits per heavy atom. The summed E-state index contributed by atoms with van der Waals surface area (Å²) in [5.74, 6) is 0.101. The minimum atomic E-state index is -0.401. The molecule has 1 aromatic rings. The van der Waals surface area contributed by atoms with Gasteiger partial charge in [0.05, 0.1) is 12.4 Å². The molecule has 1 rings (SSSR count). The molecule has 78 valence electrons. The van der Waals surface area contributed by atoms with E-state index in [1.165, 1.54) is 31.7 Å². The quantitative estimate of drug-likeness (QED) is 0.712. The molecule has 0 aromatic carbocycles. The molecule has 4 heteroatoms. The van der Waals surface area contributed by atoms with Gasteiger partial charge in [0.2, 0.25) is 5.95 Å². The van der Waals surface area contributed by atoms with Gasteiger partial charge >= 0.3 is 0 Å². The van der Waals surface area contributed by atoms with Crippen LogP contribution in [0.1, 0.15) is 32.6 Å². The summed E-state index contributed by atoms with van der Waals surface area (Å²) in [6, 6.07) is 0. The van der Waals surface area contributed by atoms with Gasteiger partial charge in [-0.2, -0.15) is 0 Å². The molecule has 0 aliphatic rings. The van der Waals surface area contributed by atoms with Crippen LogP contribution in [0.4, 0.5) is 10.3 Å². The van der Waals surface area contributed by atoms with E-state index in [-0.39, 0.29) is 0 Å². The van der Waals surface area contributed by atoms with Crippen molar-refractivity contribution in [3.05, 3.63) is 18.2 Å². The summed E-state index contributed by atoms with van der Waals surface area (Å²) < 4.78 is 12.4. The summed E-state index contributed by atoms with van der Waals surface area (Å²) in [6.45, 7) is 3.03. The van der Waals surface area contributed by atoms with Crippen LogP contribution in [0, 0.1) is 5.82 Å². The monoisotopic (exact) mass is 197 g/mol. The Balaban J connectivity index is 2.15. The van der Waals surface area contributed by atoms with E-state index in [1.54, 1.807) is 0 Å². The van der Waals surface area contributed by atoms with Crippen molar-refractivity contribution in [1.82, 2.24) is 9.97 Å². The van der Waals surface area contributed by atoms with Crippen LogP contribution in [0.15, 0.2) is 12.4 Å². The largest absolute Gasteiger partial charge is 0.354 e. The number of unbranched alkanes of at least 4 members (excludes halogenated alkanes) is 3. The molecule has 0 radical (unpaired) electrons. The SMILES string of the molecule is CCCCCCNc1ncc(F)cn1. The Kier molecular flexibility index (Phi) is 4.89. The second kappa shape index (κ2) is 6.29. The van der Waals surface area contributed by atoms with Gasteiger partial charge in [-0.15, -0.1) is 0 Å². The molecule has 0 bridgehead atoms. The van der Waals surface area contributed by atoms with Crippen LogP contribution < -0.4 is 5.32 Å². The molecule has 0 spiro atoms. The topological polar surface area (TPSA) is 37.8 Å². The third kappa shape index (κ3) is 4.16. The molecule has 0 saturated carbocycles. The number of aromatic nitrogens is 2. The second-order valence-corrected chi connectivity index (χ2v) is 3.21. The summed E-state index contributed by atoms with van der Waals surface area (Å²) in [7, 11) is 0. The van der Waals surface area contributed by atoms with Gasteiger partial charge in [-0.1, -0.05) is 26.2 Å². The lowest BCUT2D eigenvalue weighted by atomic mass is 10.2. The first-order chi connectivity index (χ1) is 6.83. The highest BCUT2D eigenvalue weighted by Gasteiger charge is 1.95. The molecule has 0 saturated heterocycles. The number of halogens is 1. The summed E-state index contributed by atoms with van der Waals surface area (Å²) in [5.41, 5.74) is 0. The van der Waals surface area contributed by atoms with E-state index >= 15 is 0 Å². The first kappa shape index (κ1) is 10.9. The first-order valence-electron chi connectivity index (χ1n) is 5.04. The Labute approximate surface area is 83.8 Å². The van der Waals surface area contributed by atoms with Crippen molar-refractivity contribution >= 4 is 5.95 Å². The molecule has 3 nitrogen and oxygen atoms in total. The highest BCUT2D eigenvalue weighted by Crippen LogP contribution is 2.01. The van der Waals surface area contributed by atoms with Gasteiger partial charge in [0.1, 0.15) is 0 Å². The summed E-state index contributed by atoms with van der Waals surface area (Å²) in [4.78, 5) is 7.60. The standard InChI is InChI=1S/C10H16FN3/c1-2-3-4-5-6-12-10-13-7-9(11)8-14-10/h7-8H,2-6H2,1H3,(H,12,13,14). The lowest BCUT2D eigenvalue weighted by Crippen LogP contribution is -2.05. The lowest BCUT2D eigenvalue weighted by molar-refractivity contribution is 0.613. The van der Waals surface area contributed by atoms with Gasteiger partial charge in [0, 0.05) is 6.54 Å². The van der Waals surface area contributed by atoms with Gasteiger partial charge in [-0.3, -0.25) is 0 Å². The fourth-order valence-electron chi connectivity index (χ4n) is 1.16. The molecular weight excluding hydrogens is 181 g/mol. The zero-order chi connectivity index (χ0) is 10.2. The first-order valence-corrected chi connectivity index (χ1v) is 5.04. The average molecular weight is 197 g/mol. The smallest absolute Gasteiger partial charge is 0.222 e. The van der Waals surface area contributed by atoms with E-state index in [1.807, 2.05) is 0 Å². The van der Waals surface area contributed by atoms with Crippen LogP contribution in [0.25, 0.3) is 0 Å². The molecule has 14 heavy (non-hydrogen) atoms. The van der Waals surface area contributed by atoms with Crippen molar-refractivity contribution in [2.45, 2.75) is 32.6 Å². The number of hydrogen-bond acceptors (Lipinski definition) is 3. The molecule has 0 unspecified atom stereocenters. The van der Waals surface area contributed by atoms with E-state index in [2.05, 4.69) is 22.2 Å². The molecule has 0 fully saturated rings. The zero-order valence-electron chi connectivity index (χ0n) is 8.46. The van der Waals surface area contributed by atoms with Crippen LogP contribution >= 0.6 is 0 Å². The van der Waals surface area contributed by atoms with E-state index in [0.717, 1.165) is 13.0 Å². The minimum absolute atomic E-state index is 0.401. The van der Waals surface area contributed by atoms with E-state index < -0.39 is 5.82 Å². The van der Waals surface area contributed by atoms with Crippen LogP contribution in [0.3, 0.4) is 0 Å². The molecule has 0 atom stereocenters. The average Bonchev–Trinajstić information content (AvgIpc) is 2.21. The molecule has 0 aliphatic carbocycles. The van der Waals surface area contributed by atoms with Crippen LogP contribution in [0.5, 0.6) is 0 Å². The van der Waals surface area contributed by atoms with E-state index in [0.29, 0.717) is 5.95 Å². The fraction of sp³-hybridized carbons (Fsp3) is 0.600. The number of rotatable bonds is 6. The van der Waals surface area contributed by atoms with Gasteiger partial charge in [0.15, 0.2) is 5.82 Å². The molecular formula is C10H16FN3. The minimum Gasteiger partial charge on any atom is -0.354 e. The van der Waals surface area contributed by atoms with Crippen LogP contribution in [-0.4, -0.2) is 16.5 Å². The van der Waals surface area contributed by atoms with Crippen molar-refractivity contribution < 1.29 is 4.39 Å². The normalized spacial score (nSPS) is 10.1. The Morgan fingerprint density at radius 1 is 1.21 bits per heavy atom. The molecule has 0 aliphatic heterocycles. The maximum atomic E-state index is 12.4. The Morgan fingerprint density at radius 2 is 1.93 bits per heavy atom. The van der Waals surface area contributed by atoms with Gasteiger partial charge in [0.25, 0.3) is 0 Å². The van der Waals surface area contributed by atoms with Crippen molar-refractivity contribution in [2.24, 2.45) is 0 Å². The zero-order valence-corrected chi connectivity index (χ0v) is 8.46. The molecule has 1 N–H and O–H groups in total. The van der Waals surface area contributed by atoms with E-state index in [9.17, 15) is 4.39 Å². The fourth-order valence-corrected chi connectivity index (χ4v) is 1.16. The van der Waals surface area contributed by atoms with Gasteiger partial charge in [-0.25, -0.2) is 14.4 Å². The van der Waals surface area contributed by atoms with E-state index in [4.69, 9.17) is 0 Å². The number of anilines is 1. The molecule has 0 amide bonds. The van der Waals surface area contributed by atoms with Crippen molar-refractivity contribution in [2.75, 3.05) is 11.9 Å². The Bertz CT molecular complexity index is 248. The molecule has 1 heterocycles. The maximum absolute atomic E-state index is 12.4. The summed E-state index contributed by atoms with van der Waals surface area (Å²) >= 11 is 0. The number of hydrogen-bond donors (Lipinski definition) is 1. The summed E-state index contributed by atoms with van der Waals surface area (Å²) in [5, 5.41) is 3.04. The van der Waals surface area contributed by atoms with Crippen molar-refractivity contribution in [1.29, 1.82) is 0 Å². The summed E-state index contributed by atoms with van der Waals surface area (Å²) in [6.07, 6.45) is 7.14. The second-order valence-electron chi connectivity index (χ2n) is 3.21. The number of nitrogens with zero attached hydrogens (tertiary/aromatic N) is 2. The third-order valence-electron chi connectivity index (χ3n) is 1.93. The van der Waals surface area contributed by atoms with Gasteiger partial charge < -0.3 is 5.32 Å². The van der Waals surface area contributed by atoms with Crippen LogP contribution in [0.2, 0.25) is 0 Å². The molecule has 1 aromatic heterocycles. The Hall–Kier alpha value is -1.19. The van der Waals surface area contributed by atoms with Crippen molar-refractivity contribution in [3.8, 4) is 0 Å². The highest BCUT2D eigenvalue weighted by atomic mass is 19.1. The number of nitrogens with one attached hydrogen (secondary N) is 1.